The van der Waals surface area contributed by atoms with Crippen molar-refractivity contribution in [2.45, 2.75) is 5.54 Å². The fourth-order valence-corrected chi connectivity index (χ4v) is 4.40. The Morgan fingerprint density at radius 2 is 1.68 bits per heavy atom. The molecule has 3 aromatic rings. The zero-order valence-corrected chi connectivity index (χ0v) is 18.8. The zero-order valence-electron chi connectivity index (χ0n) is 17.3. The molecule has 9 heteroatoms. The first kappa shape index (κ1) is 23.2. The second-order valence-electron chi connectivity index (χ2n) is 7.40. The average Bonchev–Trinajstić information content (AvgIpc) is 3.14. The van der Waals surface area contributed by atoms with E-state index in [1.165, 1.54) is 30.3 Å². The van der Waals surface area contributed by atoms with Crippen LogP contribution in [0.4, 0.5) is 5.69 Å². The van der Waals surface area contributed by atoms with Crippen molar-refractivity contribution in [2.75, 3.05) is 5.32 Å². The van der Waals surface area contributed by atoms with Gasteiger partial charge in [0, 0.05) is 33.1 Å². The molecule has 1 aliphatic heterocycles. The molecule has 0 aliphatic carbocycles. The van der Waals surface area contributed by atoms with E-state index in [9.17, 15) is 24.6 Å². The number of carboxylic acids is 2. The van der Waals surface area contributed by atoms with Gasteiger partial charge in [-0.3, -0.25) is 9.79 Å². The Bertz CT molecular complexity index is 1480. The number of benzene rings is 3. The van der Waals surface area contributed by atoms with Gasteiger partial charge in [0.25, 0.3) is 5.91 Å². The van der Waals surface area contributed by atoms with Crippen LogP contribution < -0.4 is 15.9 Å². The number of rotatable bonds is 6. The number of carbonyl (C=O) groups excluding carboxylic acids is 1. The van der Waals surface area contributed by atoms with Crippen LogP contribution in [-0.4, -0.2) is 28.1 Å². The predicted molar refractivity (Wildman–Crippen MR) is 128 cm³/mol. The van der Waals surface area contributed by atoms with Crippen molar-refractivity contribution < 1.29 is 24.6 Å². The molecule has 1 amide bonds. The summed E-state index contributed by atoms with van der Waals surface area (Å²) in [5, 5.41) is 23.2. The highest BCUT2D eigenvalue weighted by molar-refractivity contribution is 6.34. The van der Waals surface area contributed by atoms with Crippen molar-refractivity contribution in [3.63, 3.8) is 0 Å². The molecule has 170 valence electrons. The third-order valence-electron chi connectivity index (χ3n) is 5.26. The quantitative estimate of drug-likeness (QED) is 0.452. The third-order valence-corrected chi connectivity index (χ3v) is 5.77. The number of amides is 1. The second-order valence-corrected chi connectivity index (χ2v) is 8.24. The molecular formula is C25H16Cl2N2O5. The van der Waals surface area contributed by atoms with E-state index in [1.807, 2.05) is 0 Å². The molecule has 1 unspecified atom stereocenters. The Labute approximate surface area is 203 Å². The fourth-order valence-electron chi connectivity index (χ4n) is 3.82. The van der Waals surface area contributed by atoms with E-state index in [0.29, 0.717) is 11.3 Å². The number of hydrogen-bond acceptors (Lipinski definition) is 4. The van der Waals surface area contributed by atoms with E-state index < -0.39 is 17.5 Å². The van der Waals surface area contributed by atoms with Gasteiger partial charge in [0.05, 0.1) is 10.4 Å². The molecule has 4 rings (SSSR count). The first-order chi connectivity index (χ1) is 16.2. The maximum absolute atomic E-state index is 12.7. The third kappa shape index (κ3) is 4.19. The van der Waals surface area contributed by atoms with Crippen molar-refractivity contribution in [3.8, 4) is 0 Å². The van der Waals surface area contributed by atoms with Crippen LogP contribution in [0.15, 0.2) is 83.9 Å². The number of carboxylic acid groups (broad SMARTS) is 2. The molecule has 0 bridgehead atoms. The Morgan fingerprint density at radius 1 is 0.941 bits per heavy atom. The number of fused-ring (bicyclic) bond motifs is 1. The number of anilines is 1. The van der Waals surface area contributed by atoms with Crippen LogP contribution in [0.3, 0.4) is 0 Å². The normalized spacial score (nSPS) is 16.7. The first-order valence-corrected chi connectivity index (χ1v) is 10.7. The highest BCUT2D eigenvalue weighted by Crippen LogP contribution is 2.39. The fraction of sp³-hybridized carbons (Fsp3) is 0.0400. The molecular weight excluding hydrogens is 479 g/mol. The molecule has 1 heterocycles. The van der Waals surface area contributed by atoms with Crippen molar-refractivity contribution >= 4 is 52.3 Å². The summed E-state index contributed by atoms with van der Waals surface area (Å²) in [5.74, 6) is -3.00. The Balaban J connectivity index is 1.90. The maximum atomic E-state index is 12.7. The lowest BCUT2D eigenvalue weighted by Crippen LogP contribution is -2.35. The minimum absolute atomic E-state index is 0.0607. The van der Waals surface area contributed by atoms with Crippen molar-refractivity contribution in [1.82, 2.24) is 0 Å². The molecule has 7 nitrogen and oxygen atoms in total. The van der Waals surface area contributed by atoms with E-state index in [-0.39, 0.29) is 37.7 Å². The number of carbonyl (C=O) groups is 3. The summed E-state index contributed by atoms with van der Waals surface area (Å²) in [6, 6.07) is 17.6. The van der Waals surface area contributed by atoms with Crippen LogP contribution in [0, 0.1) is 0 Å². The summed E-state index contributed by atoms with van der Waals surface area (Å²) in [5.41, 5.74) is -0.999. The van der Waals surface area contributed by atoms with Gasteiger partial charge >= 0.3 is 11.9 Å². The van der Waals surface area contributed by atoms with Gasteiger partial charge in [0.1, 0.15) is 0 Å². The number of hydrogen-bond donors (Lipinski definition) is 3. The molecule has 3 aromatic carbocycles. The molecule has 0 saturated carbocycles. The zero-order chi connectivity index (χ0) is 24.5. The molecule has 3 N–H and O–H groups in total. The topological polar surface area (TPSA) is 116 Å². The molecule has 0 spiro atoms. The number of nitrogens with zero attached hydrogens (tertiary/aromatic N) is 1. The summed E-state index contributed by atoms with van der Waals surface area (Å²) in [6.45, 7) is 0. The van der Waals surface area contributed by atoms with Crippen LogP contribution >= 0.6 is 23.2 Å². The highest BCUT2D eigenvalue weighted by Gasteiger charge is 2.46. The molecule has 0 radical (unpaired) electrons. The molecule has 1 atom stereocenters. The predicted octanol–water partition coefficient (Wildman–Crippen LogP) is 3.65. The first-order valence-electron chi connectivity index (χ1n) is 9.93. The van der Waals surface area contributed by atoms with Crippen LogP contribution in [0.5, 0.6) is 0 Å². The van der Waals surface area contributed by atoms with Gasteiger partial charge in [-0.25, -0.2) is 9.59 Å². The molecule has 0 aromatic heterocycles. The number of halogens is 2. The van der Waals surface area contributed by atoms with Gasteiger partial charge in [-0.1, -0.05) is 53.5 Å². The second kappa shape index (κ2) is 9.13. The van der Waals surface area contributed by atoms with Crippen LogP contribution in [0.1, 0.15) is 15.9 Å². The van der Waals surface area contributed by atoms with Gasteiger partial charge in [-0.15, -0.1) is 0 Å². The van der Waals surface area contributed by atoms with Crippen molar-refractivity contribution in [3.05, 3.63) is 111 Å². The van der Waals surface area contributed by atoms with Crippen LogP contribution in [-0.2, 0) is 15.1 Å². The molecule has 1 aliphatic rings. The summed E-state index contributed by atoms with van der Waals surface area (Å²) in [7, 11) is 0. The van der Waals surface area contributed by atoms with Gasteiger partial charge in [-0.05, 0) is 48.0 Å². The molecule has 0 fully saturated rings. The summed E-state index contributed by atoms with van der Waals surface area (Å²) < 4.78 is 0. The van der Waals surface area contributed by atoms with Crippen molar-refractivity contribution in [1.29, 1.82) is 0 Å². The average molecular weight is 495 g/mol. The van der Waals surface area contributed by atoms with E-state index in [2.05, 4.69) is 10.3 Å². The minimum Gasteiger partial charge on any atom is -0.479 e. The Hall–Kier alpha value is -3.94. The van der Waals surface area contributed by atoms with Gasteiger partial charge < -0.3 is 15.5 Å². The number of aliphatic carboxylic acids is 2. The monoisotopic (exact) mass is 494 g/mol. The van der Waals surface area contributed by atoms with Gasteiger partial charge in [-0.2, -0.15) is 0 Å². The maximum Gasteiger partial charge on any atom is 0.341 e. The van der Waals surface area contributed by atoms with E-state index >= 15 is 0 Å². The van der Waals surface area contributed by atoms with Gasteiger partial charge in [0.2, 0.25) is 5.54 Å². The van der Waals surface area contributed by atoms with Gasteiger partial charge in [0.15, 0.2) is 0 Å². The van der Waals surface area contributed by atoms with Crippen LogP contribution in [0.25, 0.3) is 5.57 Å². The lowest BCUT2D eigenvalue weighted by molar-refractivity contribution is -0.141. The molecule has 0 saturated heterocycles. The van der Waals surface area contributed by atoms with E-state index in [1.54, 1.807) is 42.5 Å². The summed E-state index contributed by atoms with van der Waals surface area (Å²) in [4.78, 5) is 41.0. The Morgan fingerprint density at radius 3 is 2.35 bits per heavy atom. The number of nitrogens with one attached hydrogen (secondary N) is 1. The lowest BCUT2D eigenvalue weighted by atomic mass is 9.82. The SMILES string of the molecule is O=C(O)/C=C/C1=c2c(Cl)cc(Cl)cc2=NC1(C(=O)O)c1cccc(NC(=O)c2ccccc2)c1. The standard InChI is InChI=1S/C25H16Cl2N2O5/c26-16-12-19(27)22-18(9-10-21(30)31)25(24(33)34,29-20(22)13-16)15-7-4-8-17(11-15)28-23(32)14-5-2-1-3-6-14/h1-13H,(H,28,32)(H,30,31)(H,33,34)/b10-9+. The highest BCUT2D eigenvalue weighted by atomic mass is 35.5. The largest absolute Gasteiger partial charge is 0.479 e. The lowest BCUT2D eigenvalue weighted by Gasteiger charge is -2.25. The minimum atomic E-state index is -2.02. The van der Waals surface area contributed by atoms with E-state index in [4.69, 9.17) is 23.2 Å². The Kier molecular flexibility index (Phi) is 6.24. The summed E-state index contributed by atoms with van der Waals surface area (Å²) >= 11 is 12.5. The molecule has 34 heavy (non-hydrogen) atoms. The summed E-state index contributed by atoms with van der Waals surface area (Å²) in [6.07, 6.45) is 1.99. The van der Waals surface area contributed by atoms with Crippen molar-refractivity contribution in [2.24, 2.45) is 4.99 Å². The smallest absolute Gasteiger partial charge is 0.341 e. The van der Waals surface area contributed by atoms with Crippen LogP contribution in [0.2, 0.25) is 10.0 Å². The van der Waals surface area contributed by atoms with E-state index in [0.717, 1.165) is 6.08 Å².